The first kappa shape index (κ1) is 12.7. The molecule has 1 N–H and O–H groups in total. The van der Waals surface area contributed by atoms with E-state index in [1.165, 1.54) is 38.6 Å². The van der Waals surface area contributed by atoms with Crippen LogP contribution in [0.3, 0.4) is 0 Å². The molecule has 2 nitrogen and oxygen atoms in total. The van der Waals surface area contributed by atoms with E-state index in [-0.39, 0.29) is 0 Å². The van der Waals surface area contributed by atoms with Crippen LogP contribution in [0.5, 0.6) is 0 Å². The van der Waals surface area contributed by atoms with Gasteiger partial charge in [-0.1, -0.05) is 18.6 Å². The van der Waals surface area contributed by atoms with Crippen LogP contribution < -0.4 is 5.32 Å². The molecule has 0 bridgehead atoms. The van der Waals surface area contributed by atoms with Crippen LogP contribution in [0.4, 0.5) is 0 Å². The number of hydrogen-bond acceptors (Lipinski definition) is 2. The zero-order chi connectivity index (χ0) is 11.1. The van der Waals surface area contributed by atoms with Crippen LogP contribution in [-0.4, -0.2) is 38.1 Å². The quantitative estimate of drug-likeness (QED) is 0.677. The number of hydrogen-bond donors (Lipinski definition) is 1. The van der Waals surface area contributed by atoms with Crippen LogP contribution in [0.25, 0.3) is 0 Å². The van der Waals surface area contributed by atoms with Gasteiger partial charge in [0.15, 0.2) is 0 Å². The van der Waals surface area contributed by atoms with E-state index in [1.54, 1.807) is 5.57 Å². The molecule has 15 heavy (non-hydrogen) atoms. The maximum atomic E-state index is 3.61. The van der Waals surface area contributed by atoms with Gasteiger partial charge in [-0.05, 0) is 59.3 Å². The number of likely N-dealkylation sites (N-methyl/N-ethyl adjacent to an activating group) is 1. The Morgan fingerprint density at radius 2 is 2.20 bits per heavy atom. The summed E-state index contributed by atoms with van der Waals surface area (Å²) in [5.41, 5.74) is 1.66. The average Bonchev–Trinajstić information content (AvgIpc) is 2.25. The molecule has 0 aliphatic heterocycles. The molecule has 0 aromatic heterocycles. The van der Waals surface area contributed by atoms with Gasteiger partial charge in [0.1, 0.15) is 0 Å². The van der Waals surface area contributed by atoms with Gasteiger partial charge in [0.2, 0.25) is 0 Å². The Morgan fingerprint density at radius 3 is 2.73 bits per heavy atom. The summed E-state index contributed by atoms with van der Waals surface area (Å²) in [5.74, 6) is 0. The Kier molecular flexibility index (Phi) is 5.96. The molecule has 0 spiro atoms. The molecule has 2 heteroatoms. The van der Waals surface area contributed by atoms with Gasteiger partial charge in [0.05, 0.1) is 0 Å². The number of allylic oxidation sites excluding steroid dienone is 1. The van der Waals surface area contributed by atoms with Crippen molar-refractivity contribution in [3.8, 4) is 0 Å². The first-order valence-corrected chi connectivity index (χ1v) is 6.31. The summed E-state index contributed by atoms with van der Waals surface area (Å²) in [7, 11) is 4.30. The highest BCUT2D eigenvalue weighted by Crippen LogP contribution is 2.21. The largest absolute Gasteiger partial charge is 0.310 e. The molecule has 0 saturated heterocycles. The molecule has 0 heterocycles. The molecule has 0 fully saturated rings. The SMILES string of the molecule is CCNC(CCN(C)C)C1=CCCCC1. The van der Waals surface area contributed by atoms with E-state index in [0.29, 0.717) is 6.04 Å². The average molecular weight is 210 g/mol. The Balaban J connectivity index is 2.44. The highest BCUT2D eigenvalue weighted by atomic mass is 15.1. The molecule has 1 rings (SSSR count). The van der Waals surface area contributed by atoms with E-state index in [1.807, 2.05) is 0 Å². The molecular formula is C13H26N2. The summed E-state index contributed by atoms with van der Waals surface area (Å²) in [6, 6.07) is 0.623. The minimum atomic E-state index is 0.623. The summed E-state index contributed by atoms with van der Waals surface area (Å²) >= 11 is 0. The fourth-order valence-electron chi connectivity index (χ4n) is 2.23. The summed E-state index contributed by atoms with van der Waals surface area (Å²) in [4.78, 5) is 2.27. The molecule has 88 valence electrons. The minimum absolute atomic E-state index is 0.623. The van der Waals surface area contributed by atoms with Crippen LogP contribution in [0.15, 0.2) is 11.6 Å². The summed E-state index contributed by atoms with van der Waals surface area (Å²) in [6.45, 7) is 4.45. The molecule has 0 amide bonds. The van der Waals surface area contributed by atoms with E-state index in [4.69, 9.17) is 0 Å². The fraction of sp³-hybridized carbons (Fsp3) is 0.846. The van der Waals surface area contributed by atoms with Crippen molar-refractivity contribution in [2.75, 3.05) is 27.2 Å². The number of rotatable bonds is 6. The van der Waals surface area contributed by atoms with Gasteiger partial charge in [-0.3, -0.25) is 0 Å². The summed E-state index contributed by atoms with van der Waals surface area (Å²) in [5, 5.41) is 3.61. The fourth-order valence-corrected chi connectivity index (χ4v) is 2.23. The van der Waals surface area contributed by atoms with Gasteiger partial charge >= 0.3 is 0 Å². The van der Waals surface area contributed by atoms with Gasteiger partial charge in [-0.25, -0.2) is 0 Å². The first-order valence-electron chi connectivity index (χ1n) is 6.31. The number of nitrogens with zero attached hydrogens (tertiary/aromatic N) is 1. The zero-order valence-corrected chi connectivity index (χ0v) is 10.6. The van der Waals surface area contributed by atoms with Crippen molar-refractivity contribution in [1.29, 1.82) is 0 Å². The van der Waals surface area contributed by atoms with Crippen molar-refractivity contribution < 1.29 is 0 Å². The topological polar surface area (TPSA) is 15.3 Å². The van der Waals surface area contributed by atoms with E-state index in [2.05, 4.69) is 37.3 Å². The second-order valence-corrected chi connectivity index (χ2v) is 4.73. The van der Waals surface area contributed by atoms with Crippen molar-refractivity contribution >= 4 is 0 Å². The predicted octanol–water partition coefficient (Wildman–Crippen LogP) is 2.42. The predicted molar refractivity (Wildman–Crippen MR) is 67.2 cm³/mol. The minimum Gasteiger partial charge on any atom is -0.310 e. The molecular weight excluding hydrogens is 184 g/mol. The smallest absolute Gasteiger partial charge is 0.0291 e. The second kappa shape index (κ2) is 7.02. The van der Waals surface area contributed by atoms with Gasteiger partial charge in [-0.2, -0.15) is 0 Å². The lowest BCUT2D eigenvalue weighted by molar-refractivity contribution is 0.369. The molecule has 1 atom stereocenters. The third-order valence-electron chi connectivity index (χ3n) is 3.09. The Bertz CT molecular complexity index is 197. The highest BCUT2D eigenvalue weighted by molar-refractivity contribution is 5.13. The lowest BCUT2D eigenvalue weighted by atomic mass is 9.92. The van der Waals surface area contributed by atoms with Crippen molar-refractivity contribution in [3.63, 3.8) is 0 Å². The maximum absolute atomic E-state index is 3.61. The molecule has 1 aliphatic rings. The first-order chi connectivity index (χ1) is 7.24. The zero-order valence-electron chi connectivity index (χ0n) is 10.6. The van der Waals surface area contributed by atoms with E-state index in [9.17, 15) is 0 Å². The van der Waals surface area contributed by atoms with Crippen LogP contribution in [0, 0.1) is 0 Å². The monoisotopic (exact) mass is 210 g/mol. The molecule has 0 aromatic carbocycles. The molecule has 0 aromatic rings. The van der Waals surface area contributed by atoms with E-state index in [0.717, 1.165) is 6.54 Å². The molecule has 0 saturated carbocycles. The lowest BCUT2D eigenvalue weighted by Crippen LogP contribution is -2.34. The van der Waals surface area contributed by atoms with Crippen LogP contribution in [0.2, 0.25) is 0 Å². The van der Waals surface area contributed by atoms with Crippen LogP contribution in [0.1, 0.15) is 39.0 Å². The molecule has 0 radical (unpaired) electrons. The van der Waals surface area contributed by atoms with E-state index < -0.39 is 0 Å². The number of nitrogens with one attached hydrogen (secondary N) is 1. The standard InChI is InChI=1S/C13H26N2/c1-4-14-13(10-11-15(2)3)12-8-6-5-7-9-12/h8,13-14H,4-7,9-11H2,1-3H3. The Morgan fingerprint density at radius 1 is 1.40 bits per heavy atom. The van der Waals surface area contributed by atoms with Gasteiger partial charge in [0.25, 0.3) is 0 Å². The highest BCUT2D eigenvalue weighted by Gasteiger charge is 2.14. The Labute approximate surface area is 94.7 Å². The molecule has 1 aliphatic carbocycles. The van der Waals surface area contributed by atoms with Gasteiger partial charge in [-0.15, -0.1) is 0 Å². The third-order valence-corrected chi connectivity index (χ3v) is 3.09. The van der Waals surface area contributed by atoms with Gasteiger partial charge in [0, 0.05) is 6.04 Å². The van der Waals surface area contributed by atoms with E-state index >= 15 is 0 Å². The van der Waals surface area contributed by atoms with Crippen molar-refractivity contribution in [3.05, 3.63) is 11.6 Å². The van der Waals surface area contributed by atoms with Crippen molar-refractivity contribution in [1.82, 2.24) is 10.2 Å². The third kappa shape index (κ3) is 4.80. The second-order valence-electron chi connectivity index (χ2n) is 4.73. The van der Waals surface area contributed by atoms with Crippen LogP contribution >= 0.6 is 0 Å². The van der Waals surface area contributed by atoms with Crippen molar-refractivity contribution in [2.24, 2.45) is 0 Å². The van der Waals surface area contributed by atoms with Crippen LogP contribution in [-0.2, 0) is 0 Å². The summed E-state index contributed by atoms with van der Waals surface area (Å²) in [6.07, 6.45) is 9.08. The molecule has 1 unspecified atom stereocenters. The lowest BCUT2D eigenvalue weighted by Gasteiger charge is -2.25. The normalized spacial score (nSPS) is 19.1. The summed E-state index contributed by atoms with van der Waals surface area (Å²) < 4.78 is 0. The Hall–Kier alpha value is -0.340. The maximum Gasteiger partial charge on any atom is 0.0291 e. The van der Waals surface area contributed by atoms with Crippen molar-refractivity contribution in [2.45, 2.75) is 45.1 Å². The van der Waals surface area contributed by atoms with Gasteiger partial charge < -0.3 is 10.2 Å².